The quantitative estimate of drug-likeness (QED) is 0.354. The van der Waals surface area contributed by atoms with Gasteiger partial charge < -0.3 is 4.43 Å². The zero-order valence-electron chi connectivity index (χ0n) is 15.3. The van der Waals surface area contributed by atoms with Crippen LogP contribution in [-0.4, -0.2) is 23.0 Å². The minimum Gasteiger partial charge on any atom is -0.417 e. The van der Waals surface area contributed by atoms with Crippen molar-refractivity contribution in [2.24, 2.45) is 0 Å². The van der Waals surface area contributed by atoms with E-state index >= 15 is 0 Å². The van der Waals surface area contributed by atoms with Crippen molar-refractivity contribution in [3.8, 4) is 0 Å². The summed E-state index contributed by atoms with van der Waals surface area (Å²) in [5.41, 5.74) is 2.60. The number of hydrogen-bond acceptors (Lipinski definition) is 1. The molecule has 0 N–H and O–H groups in total. The van der Waals surface area contributed by atoms with Crippen LogP contribution in [0.1, 0.15) is 54.4 Å². The second-order valence-electron chi connectivity index (χ2n) is 7.58. The fourth-order valence-corrected chi connectivity index (χ4v) is 6.14. The van der Waals surface area contributed by atoms with E-state index in [4.69, 9.17) is 4.43 Å². The highest BCUT2D eigenvalue weighted by Gasteiger charge is 2.36. The van der Waals surface area contributed by atoms with Gasteiger partial charge in [0, 0.05) is 6.61 Å². The Balaban J connectivity index is 4.10. The summed E-state index contributed by atoms with van der Waals surface area (Å²) in [7, 11) is -2.59. The molecule has 0 fully saturated rings. The highest BCUT2D eigenvalue weighted by molar-refractivity contribution is 6.84. The Bertz CT molecular complexity index is 278. The first-order chi connectivity index (χ1) is 9.14. The van der Waals surface area contributed by atoms with Crippen LogP contribution in [0.5, 0.6) is 0 Å². The third-order valence-electron chi connectivity index (χ3n) is 5.37. The van der Waals surface area contributed by atoms with Crippen molar-refractivity contribution in [1.82, 2.24) is 0 Å². The van der Waals surface area contributed by atoms with Crippen molar-refractivity contribution in [3.63, 3.8) is 0 Å². The second kappa shape index (κ2) is 8.55. The third-order valence-corrected chi connectivity index (χ3v) is 15.1. The molecule has 0 aliphatic rings. The SMILES string of the molecule is CC[Si](/C=C/CCCO[Si](C)(C)C(C)(C)C)(CC)CC. The minimum atomic E-state index is -1.54. The van der Waals surface area contributed by atoms with Crippen molar-refractivity contribution in [2.45, 2.75) is 90.6 Å². The van der Waals surface area contributed by atoms with Gasteiger partial charge in [0.05, 0.1) is 8.07 Å². The molecule has 0 spiro atoms. The number of allylic oxidation sites excluding steroid dienone is 1. The lowest BCUT2D eigenvalue weighted by Gasteiger charge is -2.36. The predicted octanol–water partition coefficient (Wildman–Crippen LogP) is 6.39. The molecule has 20 heavy (non-hydrogen) atoms. The van der Waals surface area contributed by atoms with Gasteiger partial charge >= 0.3 is 0 Å². The molecule has 120 valence electrons. The Morgan fingerprint density at radius 2 is 1.45 bits per heavy atom. The Morgan fingerprint density at radius 1 is 0.950 bits per heavy atom. The monoisotopic (exact) mass is 314 g/mol. The summed E-state index contributed by atoms with van der Waals surface area (Å²) in [4.78, 5) is 0. The molecule has 0 aliphatic heterocycles. The van der Waals surface area contributed by atoms with Crippen molar-refractivity contribution < 1.29 is 4.43 Å². The Hall–Kier alpha value is 0.134. The Kier molecular flexibility index (Phi) is 8.60. The van der Waals surface area contributed by atoms with Crippen molar-refractivity contribution >= 4 is 16.4 Å². The van der Waals surface area contributed by atoms with Crippen molar-refractivity contribution in [3.05, 3.63) is 11.8 Å². The average molecular weight is 315 g/mol. The van der Waals surface area contributed by atoms with Crippen LogP contribution in [0, 0.1) is 0 Å². The van der Waals surface area contributed by atoms with E-state index in [1.54, 1.807) is 0 Å². The molecule has 0 aromatic carbocycles. The largest absolute Gasteiger partial charge is 0.417 e. The summed E-state index contributed by atoms with van der Waals surface area (Å²) in [5, 5.41) is 0.331. The van der Waals surface area contributed by atoms with Crippen LogP contribution in [0.25, 0.3) is 0 Å². The van der Waals surface area contributed by atoms with Crippen LogP contribution < -0.4 is 0 Å². The minimum absolute atomic E-state index is 0.331. The van der Waals surface area contributed by atoms with E-state index in [0.717, 1.165) is 6.61 Å². The second-order valence-corrected chi connectivity index (χ2v) is 17.6. The number of rotatable bonds is 9. The van der Waals surface area contributed by atoms with E-state index in [0.29, 0.717) is 5.04 Å². The fraction of sp³-hybridized carbons (Fsp3) is 0.882. The number of hydrogen-bond donors (Lipinski definition) is 0. The maximum absolute atomic E-state index is 6.22. The first-order valence-corrected chi connectivity index (χ1v) is 14.1. The summed E-state index contributed by atoms with van der Waals surface area (Å²) < 4.78 is 6.22. The third kappa shape index (κ3) is 6.27. The summed E-state index contributed by atoms with van der Waals surface area (Å²) in [5.74, 6) is 0. The van der Waals surface area contributed by atoms with E-state index in [1.807, 2.05) is 0 Å². The topological polar surface area (TPSA) is 9.23 Å². The summed E-state index contributed by atoms with van der Waals surface area (Å²) in [6, 6.07) is 4.16. The molecule has 0 unspecified atom stereocenters. The van der Waals surface area contributed by atoms with Gasteiger partial charge in [-0.2, -0.15) is 0 Å². The molecule has 3 heteroatoms. The van der Waals surface area contributed by atoms with Gasteiger partial charge in [-0.1, -0.05) is 71.5 Å². The summed E-state index contributed by atoms with van der Waals surface area (Å²) >= 11 is 0. The zero-order chi connectivity index (χ0) is 15.9. The standard InChI is InChI=1S/C17H38OSi2/c1-9-20(10-2,11-3)16-14-12-13-15-18-19(7,8)17(4,5)6/h14,16H,9-13,15H2,1-8H3/b16-14+. The molecule has 0 rings (SSSR count). The first-order valence-electron chi connectivity index (χ1n) is 8.46. The van der Waals surface area contributed by atoms with Crippen LogP contribution in [0.15, 0.2) is 11.8 Å². The van der Waals surface area contributed by atoms with E-state index in [9.17, 15) is 0 Å². The van der Waals surface area contributed by atoms with E-state index in [1.165, 1.54) is 31.0 Å². The van der Waals surface area contributed by atoms with Gasteiger partial charge in [-0.15, -0.1) is 0 Å². The molecular weight excluding hydrogens is 276 g/mol. The fourth-order valence-electron chi connectivity index (χ4n) is 2.18. The molecule has 0 atom stereocenters. The molecule has 0 aromatic heterocycles. The van der Waals surface area contributed by atoms with Crippen molar-refractivity contribution in [1.29, 1.82) is 0 Å². The lowest BCUT2D eigenvalue weighted by atomic mass is 10.2. The molecule has 0 radical (unpaired) electrons. The summed E-state index contributed by atoms with van der Waals surface area (Å²) in [6.07, 6.45) is 4.80. The van der Waals surface area contributed by atoms with E-state index in [-0.39, 0.29) is 0 Å². The highest BCUT2D eigenvalue weighted by Crippen LogP contribution is 2.36. The molecule has 0 saturated carbocycles. The molecule has 0 aliphatic carbocycles. The molecule has 1 nitrogen and oxygen atoms in total. The van der Waals surface area contributed by atoms with Crippen LogP contribution in [0.2, 0.25) is 36.3 Å². The van der Waals surface area contributed by atoms with Crippen LogP contribution >= 0.6 is 0 Å². The van der Waals surface area contributed by atoms with Gasteiger partial charge in [0.25, 0.3) is 0 Å². The van der Waals surface area contributed by atoms with Gasteiger partial charge in [-0.3, -0.25) is 0 Å². The molecular formula is C17H38OSi2. The molecule has 0 heterocycles. The van der Waals surface area contributed by atoms with Gasteiger partial charge in [0.2, 0.25) is 0 Å². The van der Waals surface area contributed by atoms with E-state index < -0.39 is 16.4 Å². The molecule has 0 aromatic rings. The van der Waals surface area contributed by atoms with Gasteiger partial charge in [0.1, 0.15) is 0 Å². The predicted molar refractivity (Wildman–Crippen MR) is 98.7 cm³/mol. The Morgan fingerprint density at radius 3 is 1.85 bits per heavy atom. The maximum Gasteiger partial charge on any atom is 0.191 e. The van der Waals surface area contributed by atoms with E-state index in [2.05, 4.69) is 66.4 Å². The van der Waals surface area contributed by atoms with Gasteiger partial charge in [-0.05, 0) is 31.0 Å². The van der Waals surface area contributed by atoms with Gasteiger partial charge in [0.15, 0.2) is 8.32 Å². The normalized spacial score (nSPS) is 14.2. The van der Waals surface area contributed by atoms with Gasteiger partial charge in [-0.25, -0.2) is 0 Å². The molecule has 0 amide bonds. The molecule has 0 saturated heterocycles. The van der Waals surface area contributed by atoms with Crippen LogP contribution in [0.4, 0.5) is 0 Å². The molecule has 0 bridgehead atoms. The highest BCUT2D eigenvalue weighted by atomic mass is 28.4. The first kappa shape index (κ1) is 20.1. The lowest BCUT2D eigenvalue weighted by molar-refractivity contribution is 0.283. The lowest BCUT2D eigenvalue weighted by Crippen LogP contribution is -2.40. The maximum atomic E-state index is 6.22. The van der Waals surface area contributed by atoms with Crippen molar-refractivity contribution in [2.75, 3.05) is 6.61 Å². The smallest absolute Gasteiger partial charge is 0.191 e. The Labute approximate surface area is 130 Å². The summed E-state index contributed by atoms with van der Waals surface area (Å²) in [6.45, 7) is 19.6. The average Bonchev–Trinajstić information content (AvgIpc) is 2.37. The van der Waals surface area contributed by atoms with Crippen LogP contribution in [-0.2, 0) is 4.43 Å². The number of unbranched alkanes of at least 4 members (excludes halogenated alkanes) is 1. The van der Waals surface area contributed by atoms with Crippen LogP contribution in [0.3, 0.4) is 0 Å². The zero-order valence-corrected chi connectivity index (χ0v) is 17.3.